The third kappa shape index (κ3) is 3.11. The van der Waals surface area contributed by atoms with Crippen molar-refractivity contribution in [2.45, 2.75) is 6.92 Å². The van der Waals surface area contributed by atoms with Gasteiger partial charge in [-0.15, -0.1) is 0 Å². The summed E-state index contributed by atoms with van der Waals surface area (Å²) in [5.74, 6) is 0.344. The van der Waals surface area contributed by atoms with E-state index in [1.54, 1.807) is 37.3 Å². The number of para-hydroxylation sites is 1. The summed E-state index contributed by atoms with van der Waals surface area (Å²) in [5.41, 5.74) is 0. The predicted molar refractivity (Wildman–Crippen MR) is 55.4 cm³/mol. The zero-order chi connectivity index (χ0) is 10.4. The number of carbonyl (C=O) groups excluding carboxylic acids is 1. The van der Waals surface area contributed by atoms with Crippen LogP contribution in [0.4, 0.5) is 4.79 Å². The molecule has 1 amide bonds. The highest BCUT2D eigenvalue weighted by atomic mass is 35.5. The Hall–Kier alpha value is -1.48. The lowest BCUT2D eigenvalue weighted by molar-refractivity contribution is 0.204. The summed E-state index contributed by atoms with van der Waals surface area (Å²) in [6.45, 7) is 1.79. The molecule has 14 heavy (non-hydrogen) atoms. The van der Waals surface area contributed by atoms with Crippen molar-refractivity contribution in [3.63, 3.8) is 0 Å². The fourth-order valence-corrected chi connectivity index (χ4v) is 0.983. The van der Waals surface area contributed by atoms with Crippen molar-refractivity contribution in [3.8, 4) is 5.75 Å². The lowest BCUT2D eigenvalue weighted by Crippen LogP contribution is -2.21. The van der Waals surface area contributed by atoms with Crippen LogP contribution in [-0.2, 0) is 0 Å². The van der Waals surface area contributed by atoms with E-state index >= 15 is 0 Å². The van der Waals surface area contributed by atoms with E-state index in [1.807, 2.05) is 0 Å². The highest BCUT2D eigenvalue weighted by molar-refractivity contribution is 6.32. The highest BCUT2D eigenvalue weighted by Gasteiger charge is 2.04. The van der Waals surface area contributed by atoms with Gasteiger partial charge in [-0.2, -0.15) is 0 Å². The quantitative estimate of drug-likeness (QED) is 0.817. The maximum atomic E-state index is 11.1. The van der Waals surface area contributed by atoms with Gasteiger partial charge in [-0.25, -0.2) is 4.79 Å². The molecule has 0 fully saturated rings. The van der Waals surface area contributed by atoms with Crippen LogP contribution in [0.15, 0.2) is 36.5 Å². The molecule has 0 radical (unpaired) electrons. The largest absolute Gasteiger partial charge is 0.416 e. The number of ether oxygens (including phenoxy) is 1. The molecule has 0 aliphatic heterocycles. The van der Waals surface area contributed by atoms with Crippen LogP contribution in [0.2, 0.25) is 5.02 Å². The zero-order valence-electron chi connectivity index (χ0n) is 7.66. The molecule has 0 aliphatic carbocycles. The van der Waals surface area contributed by atoms with Gasteiger partial charge in [-0.3, -0.25) is 5.32 Å². The molecule has 0 saturated carbocycles. The molecule has 4 heteroatoms. The SMILES string of the molecule is CC=CNC(=O)Oc1ccccc1Cl. The molecule has 0 spiro atoms. The Morgan fingerprint density at radius 1 is 1.50 bits per heavy atom. The van der Waals surface area contributed by atoms with Crippen molar-refractivity contribution in [1.29, 1.82) is 0 Å². The first-order chi connectivity index (χ1) is 6.74. The fourth-order valence-electron chi connectivity index (χ4n) is 0.808. The molecule has 74 valence electrons. The molecular weight excluding hydrogens is 202 g/mol. The highest BCUT2D eigenvalue weighted by Crippen LogP contribution is 2.22. The predicted octanol–water partition coefficient (Wildman–Crippen LogP) is 2.96. The van der Waals surface area contributed by atoms with Gasteiger partial charge in [-0.1, -0.05) is 29.8 Å². The van der Waals surface area contributed by atoms with Gasteiger partial charge in [0.15, 0.2) is 5.75 Å². The average Bonchev–Trinajstić information content (AvgIpc) is 2.18. The van der Waals surface area contributed by atoms with E-state index in [-0.39, 0.29) is 0 Å². The molecule has 0 aromatic heterocycles. The van der Waals surface area contributed by atoms with Gasteiger partial charge >= 0.3 is 6.09 Å². The van der Waals surface area contributed by atoms with Gasteiger partial charge in [-0.05, 0) is 19.1 Å². The van der Waals surface area contributed by atoms with Crippen LogP contribution in [0.25, 0.3) is 0 Å². The number of amides is 1. The van der Waals surface area contributed by atoms with Crippen LogP contribution in [0.1, 0.15) is 6.92 Å². The van der Waals surface area contributed by atoms with Crippen molar-refractivity contribution in [2.75, 3.05) is 0 Å². The van der Waals surface area contributed by atoms with Crippen molar-refractivity contribution >= 4 is 17.7 Å². The van der Waals surface area contributed by atoms with Crippen molar-refractivity contribution in [2.24, 2.45) is 0 Å². The standard InChI is InChI=1S/C10H10ClNO2/c1-2-7-12-10(13)14-9-6-4-3-5-8(9)11/h2-7H,1H3,(H,12,13). The lowest BCUT2D eigenvalue weighted by Gasteiger charge is -2.04. The lowest BCUT2D eigenvalue weighted by atomic mass is 10.3. The fraction of sp³-hybridized carbons (Fsp3) is 0.100. The summed E-state index contributed by atoms with van der Waals surface area (Å²) >= 11 is 5.78. The van der Waals surface area contributed by atoms with E-state index in [2.05, 4.69) is 5.32 Å². The smallest absolute Gasteiger partial charge is 0.409 e. The summed E-state index contributed by atoms with van der Waals surface area (Å²) in [7, 11) is 0. The van der Waals surface area contributed by atoms with Crippen molar-refractivity contribution < 1.29 is 9.53 Å². The molecule has 0 heterocycles. The summed E-state index contributed by atoms with van der Waals surface area (Å²) in [6.07, 6.45) is 2.61. The van der Waals surface area contributed by atoms with Crippen molar-refractivity contribution in [1.82, 2.24) is 5.32 Å². The normalized spacial score (nSPS) is 10.1. The van der Waals surface area contributed by atoms with E-state index in [1.165, 1.54) is 6.20 Å². The van der Waals surface area contributed by atoms with Crippen LogP contribution in [0.5, 0.6) is 5.75 Å². The number of hydrogen-bond donors (Lipinski definition) is 1. The first kappa shape index (κ1) is 10.6. The second-order valence-corrected chi connectivity index (χ2v) is 2.87. The number of allylic oxidation sites excluding steroid dienone is 1. The molecule has 0 atom stereocenters. The van der Waals surface area contributed by atoms with E-state index in [4.69, 9.17) is 16.3 Å². The molecule has 1 aromatic carbocycles. The van der Waals surface area contributed by atoms with Crippen LogP contribution < -0.4 is 10.1 Å². The molecule has 1 aromatic rings. The molecule has 3 nitrogen and oxygen atoms in total. The molecular formula is C10H10ClNO2. The minimum atomic E-state index is -0.559. The first-order valence-electron chi connectivity index (χ1n) is 4.08. The van der Waals surface area contributed by atoms with E-state index in [9.17, 15) is 4.79 Å². The maximum absolute atomic E-state index is 11.1. The summed E-state index contributed by atoms with van der Waals surface area (Å²) in [4.78, 5) is 11.1. The van der Waals surface area contributed by atoms with Gasteiger partial charge in [0.05, 0.1) is 5.02 Å². The van der Waals surface area contributed by atoms with Crippen LogP contribution >= 0.6 is 11.6 Å². The molecule has 0 saturated heterocycles. The summed E-state index contributed by atoms with van der Waals surface area (Å²) < 4.78 is 4.91. The molecule has 0 aliphatic rings. The average molecular weight is 212 g/mol. The first-order valence-corrected chi connectivity index (χ1v) is 4.46. The van der Waals surface area contributed by atoms with Crippen LogP contribution in [-0.4, -0.2) is 6.09 Å². The van der Waals surface area contributed by atoms with Gasteiger partial charge < -0.3 is 4.74 Å². The Morgan fingerprint density at radius 2 is 2.21 bits per heavy atom. The number of carbonyl (C=O) groups is 1. The summed E-state index contributed by atoms with van der Waals surface area (Å²) in [6, 6.07) is 6.78. The van der Waals surface area contributed by atoms with Gasteiger partial charge in [0.2, 0.25) is 0 Å². The third-order valence-corrected chi connectivity index (χ3v) is 1.72. The number of halogens is 1. The third-order valence-electron chi connectivity index (χ3n) is 1.41. The van der Waals surface area contributed by atoms with Gasteiger partial charge in [0.1, 0.15) is 0 Å². The number of nitrogens with one attached hydrogen (secondary N) is 1. The van der Waals surface area contributed by atoms with Crippen molar-refractivity contribution in [3.05, 3.63) is 41.6 Å². The Morgan fingerprint density at radius 3 is 2.86 bits per heavy atom. The number of rotatable bonds is 2. The Labute approximate surface area is 87.3 Å². The second-order valence-electron chi connectivity index (χ2n) is 2.46. The van der Waals surface area contributed by atoms with E-state index < -0.39 is 6.09 Å². The van der Waals surface area contributed by atoms with Gasteiger partial charge in [0, 0.05) is 6.20 Å². The Kier molecular flexibility index (Phi) is 4.01. The Bertz CT molecular complexity index is 350. The number of hydrogen-bond acceptors (Lipinski definition) is 2. The van der Waals surface area contributed by atoms with Crippen LogP contribution in [0.3, 0.4) is 0 Å². The minimum absolute atomic E-state index is 0.344. The molecule has 1 rings (SSSR count). The minimum Gasteiger partial charge on any atom is -0.409 e. The molecule has 1 N–H and O–H groups in total. The topological polar surface area (TPSA) is 38.3 Å². The van der Waals surface area contributed by atoms with Crippen LogP contribution in [0, 0.1) is 0 Å². The monoisotopic (exact) mass is 211 g/mol. The van der Waals surface area contributed by atoms with E-state index in [0.29, 0.717) is 10.8 Å². The molecule has 0 unspecified atom stereocenters. The van der Waals surface area contributed by atoms with E-state index in [0.717, 1.165) is 0 Å². The molecule has 0 bridgehead atoms. The summed E-state index contributed by atoms with van der Waals surface area (Å²) in [5, 5.41) is 2.81. The van der Waals surface area contributed by atoms with Gasteiger partial charge in [0.25, 0.3) is 0 Å². The Balaban J connectivity index is 2.60. The second kappa shape index (κ2) is 5.29. The zero-order valence-corrected chi connectivity index (χ0v) is 8.41. The number of benzene rings is 1. The maximum Gasteiger partial charge on any atom is 0.416 e.